The van der Waals surface area contributed by atoms with Crippen molar-refractivity contribution in [3.8, 4) is 0 Å². The number of nitrogens with zero attached hydrogens (tertiary/aromatic N) is 1. The fourth-order valence-electron chi connectivity index (χ4n) is 1.53. The number of nitrogens with one attached hydrogen (secondary N) is 2. The van der Waals surface area contributed by atoms with Crippen molar-refractivity contribution in [2.24, 2.45) is 11.3 Å². The average Bonchev–Trinajstić information content (AvgIpc) is 2.36. The topological polar surface area (TPSA) is 110 Å². The second kappa shape index (κ2) is 5.87. The number of carbonyl (C=O) groups excluding carboxylic acids is 1. The maximum absolute atomic E-state index is 12.2. The monoisotopic (exact) mass is 280 g/mol. The molecule has 0 aliphatic heterocycles. The Kier molecular flexibility index (Phi) is 4.67. The smallest absolute Gasteiger partial charge is 0.306 e. The SMILES string of the molecule is CC(NC(=O)c1cccc(NN)c1[N+](=O)[O-])C(C)(C)C. The first-order chi connectivity index (χ1) is 9.18. The zero-order valence-corrected chi connectivity index (χ0v) is 12.1. The van der Waals surface area contributed by atoms with E-state index in [9.17, 15) is 14.9 Å². The third kappa shape index (κ3) is 3.45. The quantitative estimate of drug-likeness (QED) is 0.444. The highest BCUT2D eigenvalue weighted by Gasteiger charge is 2.27. The van der Waals surface area contributed by atoms with Crippen LogP contribution in [0.3, 0.4) is 0 Å². The van der Waals surface area contributed by atoms with Crippen molar-refractivity contribution in [3.63, 3.8) is 0 Å². The summed E-state index contributed by atoms with van der Waals surface area (Å²) in [6, 6.07) is 4.26. The minimum Gasteiger partial charge on any atom is -0.349 e. The van der Waals surface area contributed by atoms with Crippen LogP contribution in [-0.2, 0) is 0 Å². The van der Waals surface area contributed by atoms with Crippen LogP contribution >= 0.6 is 0 Å². The third-order valence-corrected chi connectivity index (χ3v) is 3.27. The molecule has 0 bridgehead atoms. The summed E-state index contributed by atoms with van der Waals surface area (Å²) in [7, 11) is 0. The minimum atomic E-state index is -0.619. The van der Waals surface area contributed by atoms with E-state index in [0.717, 1.165) is 0 Å². The molecule has 0 heterocycles. The van der Waals surface area contributed by atoms with Crippen LogP contribution in [0.25, 0.3) is 0 Å². The number of nitro benzene ring substituents is 1. The summed E-state index contributed by atoms with van der Waals surface area (Å²) in [6.45, 7) is 7.79. The molecular weight excluding hydrogens is 260 g/mol. The van der Waals surface area contributed by atoms with E-state index in [1.165, 1.54) is 12.1 Å². The van der Waals surface area contributed by atoms with Crippen molar-refractivity contribution in [2.75, 3.05) is 5.43 Å². The lowest BCUT2D eigenvalue weighted by molar-refractivity contribution is -0.384. The number of nitro groups is 1. The lowest BCUT2D eigenvalue weighted by Gasteiger charge is -2.28. The number of hydrogen-bond acceptors (Lipinski definition) is 5. The summed E-state index contributed by atoms with van der Waals surface area (Å²) in [4.78, 5) is 22.7. The molecular formula is C13H20N4O3. The summed E-state index contributed by atoms with van der Waals surface area (Å²) in [5.74, 6) is 4.75. The van der Waals surface area contributed by atoms with E-state index in [1.807, 2.05) is 27.7 Å². The summed E-state index contributed by atoms with van der Waals surface area (Å²) in [5.41, 5.74) is 1.85. The Morgan fingerprint density at radius 2 is 2.00 bits per heavy atom. The number of carbonyl (C=O) groups is 1. The predicted molar refractivity (Wildman–Crippen MR) is 77.3 cm³/mol. The molecule has 1 rings (SSSR count). The molecule has 0 radical (unpaired) electrons. The molecule has 1 aromatic carbocycles. The van der Waals surface area contributed by atoms with E-state index >= 15 is 0 Å². The highest BCUT2D eigenvalue weighted by molar-refractivity contribution is 6.00. The van der Waals surface area contributed by atoms with E-state index in [1.54, 1.807) is 6.07 Å². The van der Waals surface area contributed by atoms with Crippen LogP contribution in [0.5, 0.6) is 0 Å². The predicted octanol–water partition coefficient (Wildman–Crippen LogP) is 2.04. The first-order valence-electron chi connectivity index (χ1n) is 6.23. The maximum atomic E-state index is 12.2. The number of anilines is 1. The second-order valence-electron chi connectivity index (χ2n) is 5.66. The van der Waals surface area contributed by atoms with Crippen LogP contribution in [0, 0.1) is 15.5 Å². The van der Waals surface area contributed by atoms with Gasteiger partial charge in [-0.15, -0.1) is 0 Å². The van der Waals surface area contributed by atoms with Crippen LogP contribution in [0.2, 0.25) is 0 Å². The molecule has 7 heteroatoms. The number of hydrogen-bond donors (Lipinski definition) is 3. The molecule has 0 aromatic heterocycles. The summed E-state index contributed by atoms with van der Waals surface area (Å²) in [6.07, 6.45) is 0. The van der Waals surface area contributed by atoms with Gasteiger partial charge in [0, 0.05) is 6.04 Å². The van der Waals surface area contributed by atoms with E-state index in [0.29, 0.717) is 0 Å². The van der Waals surface area contributed by atoms with Gasteiger partial charge >= 0.3 is 5.69 Å². The number of nitrogen functional groups attached to an aromatic ring is 1. The Balaban J connectivity index is 3.14. The Bertz CT molecular complexity index is 523. The third-order valence-electron chi connectivity index (χ3n) is 3.27. The fourth-order valence-corrected chi connectivity index (χ4v) is 1.53. The van der Waals surface area contributed by atoms with Crippen LogP contribution in [-0.4, -0.2) is 16.9 Å². The Hall–Kier alpha value is -2.15. The van der Waals surface area contributed by atoms with Crippen molar-refractivity contribution in [2.45, 2.75) is 33.7 Å². The summed E-state index contributed by atoms with van der Waals surface area (Å²) in [5, 5.41) is 13.9. The molecule has 4 N–H and O–H groups in total. The highest BCUT2D eigenvalue weighted by Crippen LogP contribution is 2.28. The second-order valence-corrected chi connectivity index (χ2v) is 5.66. The van der Waals surface area contributed by atoms with Crippen molar-refractivity contribution in [1.82, 2.24) is 5.32 Å². The fraction of sp³-hybridized carbons (Fsp3) is 0.462. The molecule has 0 saturated carbocycles. The van der Waals surface area contributed by atoms with Gasteiger partial charge in [-0.3, -0.25) is 20.8 Å². The minimum absolute atomic E-state index is 0.0125. The van der Waals surface area contributed by atoms with Gasteiger partial charge in [0.15, 0.2) is 0 Å². The molecule has 20 heavy (non-hydrogen) atoms. The molecule has 0 saturated heterocycles. The molecule has 1 atom stereocenters. The Morgan fingerprint density at radius 3 is 2.45 bits per heavy atom. The zero-order valence-electron chi connectivity index (χ0n) is 12.1. The van der Waals surface area contributed by atoms with E-state index < -0.39 is 10.8 Å². The van der Waals surface area contributed by atoms with E-state index in [2.05, 4.69) is 10.7 Å². The normalized spacial score (nSPS) is 12.7. The van der Waals surface area contributed by atoms with Gasteiger partial charge in [0.25, 0.3) is 5.91 Å². The van der Waals surface area contributed by atoms with Crippen molar-refractivity contribution >= 4 is 17.3 Å². The van der Waals surface area contributed by atoms with Gasteiger partial charge in [-0.1, -0.05) is 26.8 Å². The van der Waals surface area contributed by atoms with Gasteiger partial charge in [-0.25, -0.2) is 0 Å². The lowest BCUT2D eigenvalue weighted by Crippen LogP contribution is -2.41. The molecule has 1 unspecified atom stereocenters. The molecule has 0 fully saturated rings. The van der Waals surface area contributed by atoms with Crippen LogP contribution in [0.15, 0.2) is 18.2 Å². The summed E-state index contributed by atoms with van der Waals surface area (Å²) < 4.78 is 0. The van der Waals surface area contributed by atoms with Gasteiger partial charge in [-0.05, 0) is 24.5 Å². The molecule has 0 aliphatic carbocycles. The number of rotatable bonds is 4. The first-order valence-corrected chi connectivity index (χ1v) is 6.23. The maximum Gasteiger partial charge on any atom is 0.306 e. The molecule has 0 aliphatic rings. The van der Waals surface area contributed by atoms with Crippen molar-refractivity contribution in [3.05, 3.63) is 33.9 Å². The average molecular weight is 280 g/mol. The van der Waals surface area contributed by atoms with Gasteiger partial charge in [0.05, 0.1) is 4.92 Å². The standard InChI is InChI=1S/C13H20N4O3/c1-8(13(2,3)4)15-12(18)9-6-5-7-10(16-14)11(9)17(19)20/h5-8,16H,14H2,1-4H3,(H,15,18). The number of benzene rings is 1. The van der Waals surface area contributed by atoms with Crippen molar-refractivity contribution in [1.29, 1.82) is 0 Å². The molecule has 110 valence electrons. The van der Waals surface area contributed by atoms with E-state index in [4.69, 9.17) is 5.84 Å². The molecule has 0 spiro atoms. The molecule has 1 aromatic rings. The van der Waals surface area contributed by atoms with E-state index in [-0.39, 0.29) is 28.4 Å². The van der Waals surface area contributed by atoms with Crippen LogP contribution in [0.1, 0.15) is 38.1 Å². The van der Waals surface area contributed by atoms with Gasteiger partial charge in [0.1, 0.15) is 11.3 Å². The van der Waals surface area contributed by atoms with Crippen LogP contribution < -0.4 is 16.6 Å². The largest absolute Gasteiger partial charge is 0.349 e. The first kappa shape index (κ1) is 15.9. The van der Waals surface area contributed by atoms with Gasteiger partial charge < -0.3 is 10.7 Å². The van der Waals surface area contributed by atoms with Crippen molar-refractivity contribution < 1.29 is 9.72 Å². The zero-order chi connectivity index (χ0) is 15.5. The number of nitrogens with two attached hydrogens (primary N) is 1. The van der Waals surface area contributed by atoms with Crippen LogP contribution in [0.4, 0.5) is 11.4 Å². The van der Waals surface area contributed by atoms with Gasteiger partial charge in [0.2, 0.25) is 0 Å². The number of para-hydroxylation sites is 1. The summed E-state index contributed by atoms with van der Waals surface area (Å²) >= 11 is 0. The molecule has 1 amide bonds. The molecule has 7 nitrogen and oxygen atoms in total. The number of hydrazine groups is 1. The Morgan fingerprint density at radius 1 is 1.40 bits per heavy atom. The highest BCUT2D eigenvalue weighted by atomic mass is 16.6. The lowest BCUT2D eigenvalue weighted by atomic mass is 9.88. The number of amides is 1. The van der Waals surface area contributed by atoms with Gasteiger partial charge in [-0.2, -0.15) is 0 Å². The Labute approximate surface area is 117 Å².